The Morgan fingerprint density at radius 2 is 1.85 bits per heavy atom. The summed E-state index contributed by atoms with van der Waals surface area (Å²) in [5.74, 6) is 1.42. The molecule has 2 aromatic rings. The molecule has 2 aromatic carbocycles. The monoisotopic (exact) mass is 266 g/mol. The van der Waals surface area contributed by atoms with Crippen LogP contribution in [0.4, 0.5) is 0 Å². The zero-order chi connectivity index (χ0) is 13.7. The largest absolute Gasteiger partial charge is 0.456 e. The Balaban J connectivity index is 2.00. The molecule has 1 atom stereocenters. The maximum absolute atomic E-state index is 11.7. The summed E-state index contributed by atoms with van der Waals surface area (Å²) in [5.41, 5.74) is 2.35. The van der Waals surface area contributed by atoms with Crippen LogP contribution in [-0.2, 0) is 15.1 Å². The molecule has 2 heterocycles. The first kappa shape index (κ1) is 11.5. The van der Waals surface area contributed by atoms with Crippen LogP contribution >= 0.6 is 0 Å². The molecule has 3 heteroatoms. The van der Waals surface area contributed by atoms with Crippen molar-refractivity contribution in [3.05, 3.63) is 59.2 Å². The summed E-state index contributed by atoms with van der Waals surface area (Å²) < 4.78 is 11.8. The number of para-hydroxylation sites is 1. The number of carbonyl (C=O) groups excluding carboxylic acids is 1. The zero-order valence-corrected chi connectivity index (χ0v) is 11.2. The van der Waals surface area contributed by atoms with Gasteiger partial charge in [-0.2, -0.15) is 0 Å². The van der Waals surface area contributed by atoms with Crippen LogP contribution < -0.4 is 4.74 Å². The van der Waals surface area contributed by atoms with Gasteiger partial charge >= 0.3 is 5.97 Å². The molecular formula is C17H14O3. The molecule has 0 aromatic heterocycles. The van der Waals surface area contributed by atoms with Crippen molar-refractivity contribution in [2.24, 2.45) is 0 Å². The topological polar surface area (TPSA) is 35.5 Å². The number of ether oxygens (including phenoxy) is 2. The van der Waals surface area contributed by atoms with Gasteiger partial charge in [0.2, 0.25) is 0 Å². The number of hydrogen-bond donors (Lipinski definition) is 0. The summed E-state index contributed by atoms with van der Waals surface area (Å²) in [6.45, 7) is 2.03. The average Bonchev–Trinajstić information content (AvgIpc) is 2.82. The Morgan fingerprint density at radius 1 is 1.05 bits per heavy atom. The molecule has 0 saturated carbocycles. The quantitative estimate of drug-likeness (QED) is 0.682. The summed E-state index contributed by atoms with van der Waals surface area (Å²) in [7, 11) is 0. The summed E-state index contributed by atoms with van der Waals surface area (Å²) in [5, 5.41) is 0. The fraction of sp³-hybridized carbons (Fsp3) is 0.235. The van der Waals surface area contributed by atoms with E-state index in [2.05, 4.69) is 0 Å². The molecule has 1 fully saturated rings. The number of esters is 1. The highest BCUT2D eigenvalue weighted by Crippen LogP contribution is 2.53. The number of hydrogen-bond acceptors (Lipinski definition) is 3. The van der Waals surface area contributed by atoms with Gasteiger partial charge < -0.3 is 9.47 Å². The van der Waals surface area contributed by atoms with Crippen molar-refractivity contribution < 1.29 is 14.3 Å². The molecule has 0 amide bonds. The summed E-state index contributed by atoms with van der Waals surface area (Å²) in [6, 6.07) is 13.8. The normalized spacial score (nSPS) is 22.9. The van der Waals surface area contributed by atoms with Crippen molar-refractivity contribution in [1.29, 1.82) is 0 Å². The van der Waals surface area contributed by atoms with Gasteiger partial charge in [0, 0.05) is 17.5 Å². The number of fused-ring (bicyclic) bond motifs is 4. The van der Waals surface area contributed by atoms with Crippen molar-refractivity contribution in [1.82, 2.24) is 0 Å². The molecule has 0 bridgehead atoms. The molecule has 20 heavy (non-hydrogen) atoms. The van der Waals surface area contributed by atoms with Crippen LogP contribution in [0.15, 0.2) is 42.5 Å². The second-order valence-corrected chi connectivity index (χ2v) is 5.40. The fourth-order valence-corrected chi connectivity index (χ4v) is 3.15. The average molecular weight is 266 g/mol. The zero-order valence-electron chi connectivity index (χ0n) is 11.2. The molecule has 2 aliphatic heterocycles. The van der Waals surface area contributed by atoms with Crippen LogP contribution in [0.5, 0.6) is 11.5 Å². The van der Waals surface area contributed by atoms with E-state index in [1.54, 1.807) is 0 Å². The molecule has 0 N–H and O–H groups in total. The lowest BCUT2D eigenvalue weighted by Gasteiger charge is -2.35. The van der Waals surface area contributed by atoms with Crippen molar-refractivity contribution in [2.45, 2.75) is 25.4 Å². The Morgan fingerprint density at radius 3 is 2.65 bits per heavy atom. The molecule has 1 saturated heterocycles. The van der Waals surface area contributed by atoms with Gasteiger partial charge in [-0.3, -0.25) is 4.79 Å². The van der Waals surface area contributed by atoms with Crippen molar-refractivity contribution in [3.8, 4) is 11.5 Å². The minimum atomic E-state index is -0.672. The van der Waals surface area contributed by atoms with E-state index in [1.165, 1.54) is 0 Å². The van der Waals surface area contributed by atoms with E-state index in [9.17, 15) is 4.79 Å². The molecule has 4 rings (SSSR count). The predicted molar refractivity (Wildman–Crippen MR) is 73.8 cm³/mol. The van der Waals surface area contributed by atoms with Crippen LogP contribution in [-0.4, -0.2) is 5.97 Å². The van der Waals surface area contributed by atoms with Crippen molar-refractivity contribution >= 4 is 5.97 Å². The van der Waals surface area contributed by atoms with Gasteiger partial charge in [-0.1, -0.05) is 30.3 Å². The van der Waals surface area contributed by atoms with Crippen LogP contribution in [0.2, 0.25) is 0 Å². The Kier molecular flexibility index (Phi) is 2.22. The second kappa shape index (κ2) is 3.85. The summed E-state index contributed by atoms with van der Waals surface area (Å²) >= 11 is 0. The molecule has 3 nitrogen and oxygen atoms in total. The first-order valence-corrected chi connectivity index (χ1v) is 6.79. The Labute approximate surface area is 117 Å². The summed E-state index contributed by atoms with van der Waals surface area (Å²) in [4.78, 5) is 11.7. The van der Waals surface area contributed by atoms with Crippen molar-refractivity contribution in [3.63, 3.8) is 0 Å². The van der Waals surface area contributed by atoms with E-state index in [1.807, 2.05) is 49.4 Å². The number of carbonyl (C=O) groups is 1. The van der Waals surface area contributed by atoms with Gasteiger partial charge in [0.15, 0.2) is 5.60 Å². The van der Waals surface area contributed by atoms with E-state index in [-0.39, 0.29) is 5.97 Å². The van der Waals surface area contributed by atoms with Gasteiger partial charge in [-0.05, 0) is 24.6 Å². The lowest BCUT2D eigenvalue weighted by molar-refractivity contribution is -0.146. The van der Waals surface area contributed by atoms with E-state index >= 15 is 0 Å². The SMILES string of the molecule is Cc1ccc2c(c1)Oc1ccccc1C21CCC(=O)O1. The van der Waals surface area contributed by atoms with Gasteiger partial charge in [-0.15, -0.1) is 0 Å². The predicted octanol–water partition coefficient (Wildman–Crippen LogP) is 3.68. The van der Waals surface area contributed by atoms with Gasteiger partial charge in [-0.25, -0.2) is 0 Å². The molecule has 1 spiro atoms. The summed E-state index contributed by atoms with van der Waals surface area (Å²) in [6.07, 6.45) is 1.11. The third kappa shape index (κ3) is 1.43. The number of aryl methyl sites for hydroxylation is 1. The van der Waals surface area contributed by atoms with E-state index in [0.717, 1.165) is 28.2 Å². The van der Waals surface area contributed by atoms with Crippen molar-refractivity contribution in [2.75, 3.05) is 0 Å². The third-order valence-corrected chi connectivity index (χ3v) is 4.08. The molecule has 2 aliphatic rings. The second-order valence-electron chi connectivity index (χ2n) is 5.40. The first-order valence-electron chi connectivity index (χ1n) is 6.79. The highest BCUT2D eigenvalue weighted by atomic mass is 16.6. The molecule has 0 radical (unpaired) electrons. The molecule has 1 unspecified atom stereocenters. The van der Waals surface area contributed by atoms with Gasteiger partial charge in [0.05, 0.1) is 6.42 Å². The van der Waals surface area contributed by atoms with Crippen LogP contribution in [0.3, 0.4) is 0 Å². The van der Waals surface area contributed by atoms with Crippen LogP contribution in [0.1, 0.15) is 29.5 Å². The highest BCUT2D eigenvalue weighted by Gasteiger charge is 2.49. The Hall–Kier alpha value is -2.29. The van der Waals surface area contributed by atoms with Crippen LogP contribution in [0, 0.1) is 6.92 Å². The minimum absolute atomic E-state index is 0.145. The van der Waals surface area contributed by atoms with Gasteiger partial charge in [0.25, 0.3) is 0 Å². The first-order chi connectivity index (χ1) is 9.69. The van der Waals surface area contributed by atoms with E-state index in [0.29, 0.717) is 12.8 Å². The minimum Gasteiger partial charge on any atom is -0.456 e. The van der Waals surface area contributed by atoms with Crippen LogP contribution in [0.25, 0.3) is 0 Å². The Bertz CT molecular complexity index is 720. The van der Waals surface area contributed by atoms with E-state index < -0.39 is 5.60 Å². The maximum Gasteiger partial charge on any atom is 0.307 e. The standard InChI is InChI=1S/C17H14O3/c1-11-6-7-13-15(10-11)19-14-5-3-2-4-12(14)17(13)9-8-16(18)20-17/h2-7,10H,8-9H2,1H3. The smallest absolute Gasteiger partial charge is 0.307 e. The number of rotatable bonds is 0. The molecule has 100 valence electrons. The van der Waals surface area contributed by atoms with E-state index in [4.69, 9.17) is 9.47 Å². The highest BCUT2D eigenvalue weighted by molar-refractivity contribution is 5.75. The maximum atomic E-state index is 11.7. The molecule has 0 aliphatic carbocycles. The third-order valence-electron chi connectivity index (χ3n) is 4.08. The fourth-order valence-electron chi connectivity index (χ4n) is 3.15. The molecular weight excluding hydrogens is 252 g/mol. The number of benzene rings is 2. The lowest BCUT2D eigenvalue weighted by atomic mass is 9.81. The van der Waals surface area contributed by atoms with Gasteiger partial charge in [0.1, 0.15) is 11.5 Å². The lowest BCUT2D eigenvalue weighted by Crippen LogP contribution is -2.31.